The van der Waals surface area contributed by atoms with E-state index in [1.165, 1.54) is 17.9 Å². The molecule has 4 heteroatoms. The van der Waals surface area contributed by atoms with E-state index in [1.807, 2.05) is 36.0 Å². The Morgan fingerprint density at radius 2 is 2.17 bits per heavy atom. The van der Waals surface area contributed by atoms with E-state index in [-0.39, 0.29) is 6.10 Å². The standard InChI is InChI=1S/C14H21NO2S/c1-2-18-9-5-8-15-10-12-11-16-13-6-3-4-7-14(13)17-12/h3-4,6-7,12,15H,2,5,8-11H2,1H3. The van der Waals surface area contributed by atoms with Crippen LogP contribution in [-0.4, -0.2) is 37.3 Å². The summed E-state index contributed by atoms with van der Waals surface area (Å²) in [6, 6.07) is 7.84. The first-order chi connectivity index (χ1) is 8.90. The van der Waals surface area contributed by atoms with Crippen LogP contribution < -0.4 is 14.8 Å². The number of fused-ring (bicyclic) bond motifs is 1. The second-order valence-corrected chi connectivity index (χ2v) is 5.65. The molecule has 0 bridgehead atoms. The maximum Gasteiger partial charge on any atom is 0.161 e. The lowest BCUT2D eigenvalue weighted by atomic mass is 10.2. The summed E-state index contributed by atoms with van der Waals surface area (Å²) in [5.74, 6) is 4.15. The van der Waals surface area contributed by atoms with Gasteiger partial charge in [0.2, 0.25) is 0 Å². The minimum atomic E-state index is 0.124. The molecular formula is C14H21NO2S. The second kappa shape index (κ2) is 7.54. The van der Waals surface area contributed by atoms with Crippen molar-refractivity contribution in [1.29, 1.82) is 0 Å². The van der Waals surface area contributed by atoms with Gasteiger partial charge in [0.1, 0.15) is 12.7 Å². The Morgan fingerprint density at radius 1 is 1.33 bits per heavy atom. The lowest BCUT2D eigenvalue weighted by molar-refractivity contribution is 0.0906. The SMILES string of the molecule is CCSCCCNCC1COc2ccccc2O1. The molecule has 3 nitrogen and oxygen atoms in total. The van der Waals surface area contributed by atoms with Gasteiger partial charge in [0.15, 0.2) is 11.5 Å². The summed E-state index contributed by atoms with van der Waals surface area (Å²) in [5, 5.41) is 3.43. The quantitative estimate of drug-likeness (QED) is 0.769. The third-order valence-corrected chi connectivity index (χ3v) is 3.77. The number of hydrogen-bond donors (Lipinski definition) is 1. The molecule has 0 spiro atoms. The van der Waals surface area contributed by atoms with Gasteiger partial charge in [-0.15, -0.1) is 0 Å². The summed E-state index contributed by atoms with van der Waals surface area (Å²) in [7, 11) is 0. The van der Waals surface area contributed by atoms with E-state index in [0.29, 0.717) is 6.61 Å². The van der Waals surface area contributed by atoms with Gasteiger partial charge in [0.05, 0.1) is 0 Å². The first-order valence-corrected chi connectivity index (χ1v) is 7.72. The Hall–Kier alpha value is -0.870. The van der Waals surface area contributed by atoms with Gasteiger partial charge < -0.3 is 14.8 Å². The van der Waals surface area contributed by atoms with Crippen molar-refractivity contribution in [2.75, 3.05) is 31.2 Å². The summed E-state index contributed by atoms with van der Waals surface area (Å²) in [5.41, 5.74) is 0. The first-order valence-electron chi connectivity index (χ1n) is 6.57. The Morgan fingerprint density at radius 3 is 3.00 bits per heavy atom. The van der Waals surface area contributed by atoms with Gasteiger partial charge >= 0.3 is 0 Å². The molecule has 1 aromatic carbocycles. The van der Waals surface area contributed by atoms with E-state index in [0.717, 1.165) is 24.6 Å². The highest BCUT2D eigenvalue weighted by molar-refractivity contribution is 7.99. The monoisotopic (exact) mass is 267 g/mol. The van der Waals surface area contributed by atoms with Gasteiger partial charge in [-0.05, 0) is 36.6 Å². The van der Waals surface area contributed by atoms with Crippen LogP contribution in [0.4, 0.5) is 0 Å². The Kier molecular flexibility index (Phi) is 5.68. The molecule has 1 atom stereocenters. The number of thioether (sulfide) groups is 1. The van der Waals surface area contributed by atoms with Crippen molar-refractivity contribution >= 4 is 11.8 Å². The number of para-hydroxylation sites is 2. The van der Waals surface area contributed by atoms with Gasteiger partial charge in [0, 0.05) is 6.54 Å². The van der Waals surface area contributed by atoms with Crippen LogP contribution in [0.25, 0.3) is 0 Å². The molecular weight excluding hydrogens is 246 g/mol. The summed E-state index contributed by atoms with van der Waals surface area (Å²) in [4.78, 5) is 0. The molecule has 1 N–H and O–H groups in total. The summed E-state index contributed by atoms with van der Waals surface area (Å²) in [6.45, 7) is 4.73. The molecule has 0 aromatic heterocycles. The van der Waals surface area contributed by atoms with E-state index in [9.17, 15) is 0 Å². The van der Waals surface area contributed by atoms with Crippen LogP contribution in [-0.2, 0) is 0 Å². The van der Waals surface area contributed by atoms with Gasteiger partial charge in [-0.25, -0.2) is 0 Å². The largest absolute Gasteiger partial charge is 0.486 e. The van der Waals surface area contributed by atoms with E-state index in [1.54, 1.807) is 0 Å². The molecule has 1 aliphatic rings. The average molecular weight is 267 g/mol. The molecule has 1 aliphatic heterocycles. The van der Waals surface area contributed by atoms with Gasteiger partial charge in [0.25, 0.3) is 0 Å². The minimum Gasteiger partial charge on any atom is -0.486 e. The minimum absolute atomic E-state index is 0.124. The summed E-state index contributed by atoms with van der Waals surface area (Å²) in [6.07, 6.45) is 1.33. The third kappa shape index (κ3) is 4.10. The fourth-order valence-electron chi connectivity index (χ4n) is 1.87. The van der Waals surface area contributed by atoms with E-state index < -0.39 is 0 Å². The molecule has 0 saturated carbocycles. The third-order valence-electron chi connectivity index (χ3n) is 2.79. The molecule has 0 fully saturated rings. The van der Waals surface area contributed by atoms with Gasteiger partial charge in [-0.1, -0.05) is 19.1 Å². The fourth-order valence-corrected chi connectivity index (χ4v) is 2.51. The number of nitrogens with one attached hydrogen (secondary N) is 1. The van der Waals surface area contributed by atoms with Crippen LogP contribution in [0.1, 0.15) is 13.3 Å². The maximum absolute atomic E-state index is 5.87. The molecule has 18 heavy (non-hydrogen) atoms. The van der Waals surface area contributed by atoms with Crippen molar-refractivity contribution in [2.45, 2.75) is 19.4 Å². The van der Waals surface area contributed by atoms with E-state index in [2.05, 4.69) is 12.2 Å². The van der Waals surface area contributed by atoms with Crippen molar-refractivity contribution in [2.24, 2.45) is 0 Å². The van der Waals surface area contributed by atoms with Crippen molar-refractivity contribution < 1.29 is 9.47 Å². The Bertz CT molecular complexity index is 359. The molecule has 1 heterocycles. The van der Waals surface area contributed by atoms with Crippen molar-refractivity contribution in [3.8, 4) is 11.5 Å². The zero-order valence-corrected chi connectivity index (χ0v) is 11.7. The molecule has 0 aliphatic carbocycles. The van der Waals surface area contributed by atoms with Crippen LogP contribution in [0.2, 0.25) is 0 Å². The highest BCUT2D eigenvalue weighted by Gasteiger charge is 2.19. The normalized spacial score (nSPS) is 17.7. The smallest absolute Gasteiger partial charge is 0.161 e. The predicted molar refractivity (Wildman–Crippen MR) is 76.8 cm³/mol. The molecule has 0 amide bonds. The molecule has 0 saturated heterocycles. The van der Waals surface area contributed by atoms with Crippen LogP contribution in [0.5, 0.6) is 11.5 Å². The summed E-state index contributed by atoms with van der Waals surface area (Å²) < 4.78 is 11.5. The molecule has 100 valence electrons. The van der Waals surface area contributed by atoms with Crippen molar-refractivity contribution in [3.63, 3.8) is 0 Å². The summed E-state index contributed by atoms with van der Waals surface area (Å²) >= 11 is 1.99. The van der Waals surface area contributed by atoms with Crippen LogP contribution in [0.15, 0.2) is 24.3 Å². The highest BCUT2D eigenvalue weighted by atomic mass is 32.2. The topological polar surface area (TPSA) is 30.5 Å². The zero-order chi connectivity index (χ0) is 12.6. The van der Waals surface area contributed by atoms with Gasteiger partial charge in [-0.2, -0.15) is 11.8 Å². The lowest BCUT2D eigenvalue weighted by Gasteiger charge is -2.26. The second-order valence-electron chi connectivity index (χ2n) is 4.25. The molecule has 1 aromatic rings. The van der Waals surface area contributed by atoms with Crippen molar-refractivity contribution in [1.82, 2.24) is 5.32 Å². The fraction of sp³-hybridized carbons (Fsp3) is 0.571. The Balaban J connectivity index is 1.64. The number of rotatable bonds is 7. The van der Waals surface area contributed by atoms with Crippen LogP contribution in [0.3, 0.4) is 0 Å². The average Bonchev–Trinajstić information content (AvgIpc) is 2.42. The molecule has 2 rings (SSSR count). The molecule has 1 unspecified atom stereocenters. The van der Waals surface area contributed by atoms with E-state index >= 15 is 0 Å². The molecule has 0 radical (unpaired) electrons. The Labute approximate surface area is 113 Å². The lowest BCUT2D eigenvalue weighted by Crippen LogP contribution is -2.38. The zero-order valence-electron chi connectivity index (χ0n) is 10.9. The van der Waals surface area contributed by atoms with E-state index in [4.69, 9.17) is 9.47 Å². The number of ether oxygens (including phenoxy) is 2. The van der Waals surface area contributed by atoms with Crippen LogP contribution in [0, 0.1) is 0 Å². The predicted octanol–water partition coefficient (Wildman–Crippen LogP) is 2.56. The number of hydrogen-bond acceptors (Lipinski definition) is 4. The van der Waals surface area contributed by atoms with Gasteiger partial charge in [-0.3, -0.25) is 0 Å². The van der Waals surface area contributed by atoms with Crippen molar-refractivity contribution in [3.05, 3.63) is 24.3 Å². The number of benzene rings is 1. The maximum atomic E-state index is 5.87. The first kappa shape index (κ1) is 13.6. The van der Waals surface area contributed by atoms with Crippen LogP contribution >= 0.6 is 11.8 Å². The highest BCUT2D eigenvalue weighted by Crippen LogP contribution is 2.30.